The smallest absolute Gasteiger partial charge is 0.321 e. The maximum atomic E-state index is 13.9. The minimum absolute atomic E-state index is 0.0400. The van der Waals surface area contributed by atoms with Gasteiger partial charge in [0.05, 0.1) is 11.6 Å². The van der Waals surface area contributed by atoms with Gasteiger partial charge in [0.2, 0.25) is 0 Å². The number of nitrogens with one attached hydrogen (secondary N) is 1. The van der Waals surface area contributed by atoms with E-state index >= 15 is 0 Å². The Labute approximate surface area is 124 Å². The van der Waals surface area contributed by atoms with Gasteiger partial charge in [-0.05, 0) is 19.1 Å². The number of carboxylic acids is 1. The summed E-state index contributed by atoms with van der Waals surface area (Å²) in [5.74, 6) is -2.20. The number of carbonyl (C=O) groups excluding carboxylic acids is 1. The average Bonchev–Trinajstić information content (AvgIpc) is 2.39. The van der Waals surface area contributed by atoms with E-state index in [-0.39, 0.29) is 12.2 Å². The van der Waals surface area contributed by atoms with Gasteiger partial charge in [-0.25, -0.2) is 9.18 Å². The Morgan fingerprint density at radius 1 is 1.50 bits per heavy atom. The Balaban J connectivity index is 2.76. The highest BCUT2D eigenvalue weighted by molar-refractivity contribution is 9.10. The highest BCUT2D eigenvalue weighted by Gasteiger charge is 2.18. The molecule has 0 heterocycles. The number of rotatable bonds is 4. The first kappa shape index (κ1) is 16.4. The van der Waals surface area contributed by atoms with Crippen molar-refractivity contribution in [3.8, 4) is 0 Å². The van der Waals surface area contributed by atoms with Crippen LogP contribution in [-0.2, 0) is 4.79 Å². The predicted molar refractivity (Wildman–Crippen MR) is 77.3 cm³/mol. The first-order valence-corrected chi connectivity index (χ1v) is 6.72. The molecular weight excluding hydrogens is 331 g/mol. The Morgan fingerprint density at radius 2 is 2.10 bits per heavy atom. The van der Waals surface area contributed by atoms with Crippen LogP contribution in [-0.4, -0.2) is 35.6 Å². The van der Waals surface area contributed by atoms with Gasteiger partial charge >= 0.3 is 12.0 Å². The van der Waals surface area contributed by atoms with Crippen LogP contribution in [0.3, 0.4) is 0 Å². The number of benzene rings is 1. The van der Waals surface area contributed by atoms with Crippen molar-refractivity contribution in [2.75, 3.05) is 18.9 Å². The van der Waals surface area contributed by atoms with Crippen molar-refractivity contribution in [3.05, 3.63) is 28.0 Å². The number of carbonyl (C=O) groups is 2. The quantitative estimate of drug-likeness (QED) is 0.879. The summed E-state index contributed by atoms with van der Waals surface area (Å²) >= 11 is 3.20. The molecule has 0 aliphatic heterocycles. The summed E-state index contributed by atoms with van der Waals surface area (Å²) in [6.45, 7) is 3.13. The first-order chi connectivity index (χ1) is 9.23. The standard InChI is InChI=1S/C13H16BrFN2O3/c1-7(12(18)19)6-17(3)13(20)16-10-5-4-9(14)8(2)11(10)15/h4-5,7H,6H2,1-3H3,(H,16,20)(H,18,19). The van der Waals surface area contributed by atoms with E-state index in [1.54, 1.807) is 13.0 Å². The molecule has 0 saturated heterocycles. The van der Waals surface area contributed by atoms with E-state index in [0.717, 1.165) is 0 Å². The van der Waals surface area contributed by atoms with Gasteiger partial charge in [0.1, 0.15) is 0 Å². The maximum Gasteiger partial charge on any atom is 0.321 e. The summed E-state index contributed by atoms with van der Waals surface area (Å²) in [6.07, 6.45) is 0. The van der Waals surface area contributed by atoms with Crippen LogP contribution in [0.1, 0.15) is 12.5 Å². The van der Waals surface area contributed by atoms with E-state index in [1.165, 1.54) is 24.9 Å². The lowest BCUT2D eigenvalue weighted by Crippen LogP contribution is -2.36. The fourth-order valence-electron chi connectivity index (χ4n) is 1.54. The molecular formula is C13H16BrFN2O3. The molecule has 5 nitrogen and oxygen atoms in total. The lowest BCUT2D eigenvalue weighted by molar-refractivity contribution is -0.141. The number of urea groups is 1. The van der Waals surface area contributed by atoms with Gasteiger partial charge in [0, 0.05) is 23.6 Å². The van der Waals surface area contributed by atoms with Crippen LogP contribution in [0.2, 0.25) is 0 Å². The van der Waals surface area contributed by atoms with Gasteiger partial charge in [0.25, 0.3) is 0 Å². The molecule has 1 atom stereocenters. The highest BCUT2D eigenvalue weighted by atomic mass is 79.9. The normalized spacial score (nSPS) is 11.8. The molecule has 20 heavy (non-hydrogen) atoms. The number of nitrogens with zero attached hydrogens (tertiary/aromatic N) is 1. The lowest BCUT2D eigenvalue weighted by atomic mass is 10.2. The number of hydrogen-bond acceptors (Lipinski definition) is 2. The number of anilines is 1. The third-order valence-corrected chi connectivity index (χ3v) is 3.74. The molecule has 2 N–H and O–H groups in total. The van der Waals surface area contributed by atoms with Gasteiger partial charge in [-0.2, -0.15) is 0 Å². The summed E-state index contributed by atoms with van der Waals surface area (Å²) < 4.78 is 14.5. The Bertz CT molecular complexity index is 537. The fourth-order valence-corrected chi connectivity index (χ4v) is 1.85. The molecule has 1 aromatic rings. The van der Waals surface area contributed by atoms with Crippen LogP contribution in [0.25, 0.3) is 0 Å². The number of hydrogen-bond donors (Lipinski definition) is 2. The van der Waals surface area contributed by atoms with Crippen LogP contribution in [0.15, 0.2) is 16.6 Å². The monoisotopic (exact) mass is 346 g/mol. The van der Waals surface area contributed by atoms with Crippen LogP contribution in [0, 0.1) is 18.7 Å². The predicted octanol–water partition coefficient (Wildman–Crippen LogP) is 3.08. The lowest BCUT2D eigenvalue weighted by Gasteiger charge is -2.20. The molecule has 0 bridgehead atoms. The van der Waals surface area contributed by atoms with Crippen molar-refractivity contribution < 1.29 is 19.1 Å². The van der Waals surface area contributed by atoms with Crippen molar-refractivity contribution in [1.29, 1.82) is 0 Å². The van der Waals surface area contributed by atoms with Crippen molar-refractivity contribution >= 4 is 33.6 Å². The zero-order valence-corrected chi connectivity index (χ0v) is 13.0. The summed E-state index contributed by atoms with van der Waals surface area (Å²) in [5.41, 5.74) is 0.454. The van der Waals surface area contributed by atoms with E-state index in [0.29, 0.717) is 10.0 Å². The van der Waals surface area contributed by atoms with Gasteiger partial charge < -0.3 is 15.3 Å². The second-order valence-electron chi connectivity index (χ2n) is 4.58. The van der Waals surface area contributed by atoms with Gasteiger partial charge in [-0.1, -0.05) is 22.9 Å². The van der Waals surface area contributed by atoms with Crippen LogP contribution in [0.4, 0.5) is 14.9 Å². The molecule has 0 aromatic heterocycles. The minimum Gasteiger partial charge on any atom is -0.481 e. The summed E-state index contributed by atoms with van der Waals surface area (Å²) in [7, 11) is 1.46. The molecule has 0 saturated carbocycles. The summed E-state index contributed by atoms with van der Waals surface area (Å²) in [6, 6.07) is 2.52. The fraction of sp³-hybridized carbons (Fsp3) is 0.385. The van der Waals surface area contributed by atoms with Crippen molar-refractivity contribution in [3.63, 3.8) is 0 Å². The zero-order valence-electron chi connectivity index (χ0n) is 11.4. The third-order valence-electron chi connectivity index (χ3n) is 2.88. The van der Waals surface area contributed by atoms with Gasteiger partial charge in [0.15, 0.2) is 5.82 Å². The molecule has 0 spiro atoms. The van der Waals surface area contributed by atoms with Crippen molar-refractivity contribution in [2.24, 2.45) is 5.92 Å². The molecule has 0 aliphatic rings. The number of carboxylic acid groups (broad SMARTS) is 1. The van der Waals surface area contributed by atoms with E-state index in [4.69, 9.17) is 5.11 Å². The molecule has 7 heteroatoms. The SMILES string of the molecule is Cc1c(Br)ccc(NC(=O)N(C)CC(C)C(=O)O)c1F. The zero-order chi connectivity index (χ0) is 15.4. The number of halogens is 2. The molecule has 0 fully saturated rings. The molecule has 1 aromatic carbocycles. The van der Waals surface area contributed by atoms with E-state index in [2.05, 4.69) is 21.2 Å². The van der Waals surface area contributed by atoms with Crippen molar-refractivity contribution in [2.45, 2.75) is 13.8 Å². The molecule has 110 valence electrons. The second kappa shape index (κ2) is 6.69. The molecule has 1 rings (SSSR count). The average molecular weight is 347 g/mol. The Hall–Kier alpha value is -1.63. The van der Waals surface area contributed by atoms with Crippen molar-refractivity contribution in [1.82, 2.24) is 4.90 Å². The number of aliphatic carboxylic acids is 1. The highest BCUT2D eigenvalue weighted by Crippen LogP contribution is 2.25. The Kier molecular flexibility index (Phi) is 5.50. The minimum atomic E-state index is -0.990. The van der Waals surface area contributed by atoms with Crippen LogP contribution < -0.4 is 5.32 Å². The summed E-state index contributed by atoms with van der Waals surface area (Å²) in [5, 5.41) is 11.2. The Morgan fingerprint density at radius 3 is 2.65 bits per heavy atom. The maximum absolute atomic E-state index is 13.9. The second-order valence-corrected chi connectivity index (χ2v) is 5.44. The molecule has 2 amide bonds. The molecule has 0 radical (unpaired) electrons. The van der Waals surface area contributed by atoms with E-state index < -0.39 is 23.7 Å². The summed E-state index contributed by atoms with van der Waals surface area (Å²) in [4.78, 5) is 23.8. The van der Waals surface area contributed by atoms with Crippen LogP contribution in [0.5, 0.6) is 0 Å². The molecule has 0 aliphatic carbocycles. The van der Waals surface area contributed by atoms with Crippen LogP contribution >= 0.6 is 15.9 Å². The van der Waals surface area contributed by atoms with E-state index in [9.17, 15) is 14.0 Å². The molecule has 1 unspecified atom stereocenters. The van der Waals surface area contributed by atoms with E-state index in [1.807, 2.05) is 0 Å². The number of amides is 2. The van der Waals surface area contributed by atoms with Gasteiger partial charge in [-0.15, -0.1) is 0 Å². The van der Waals surface area contributed by atoms with Gasteiger partial charge in [-0.3, -0.25) is 4.79 Å². The third kappa shape index (κ3) is 3.93. The topological polar surface area (TPSA) is 69.6 Å². The largest absolute Gasteiger partial charge is 0.481 e. The first-order valence-electron chi connectivity index (χ1n) is 5.93.